The molecule has 2 aromatic carbocycles. The largest absolute Gasteiger partial charge is 0.352 e. The summed E-state index contributed by atoms with van der Waals surface area (Å²) < 4.78 is 27.9. The summed E-state index contributed by atoms with van der Waals surface area (Å²) in [5.41, 5.74) is 4.67. The minimum absolute atomic E-state index is 0.0781. The maximum atomic E-state index is 12.6. The molecule has 1 heterocycles. The summed E-state index contributed by atoms with van der Waals surface area (Å²) in [6.07, 6.45) is 4.31. The predicted octanol–water partition coefficient (Wildman–Crippen LogP) is 2.30. The monoisotopic (exact) mass is 484 g/mol. The molecule has 1 fully saturated rings. The van der Waals surface area contributed by atoms with E-state index >= 15 is 0 Å². The van der Waals surface area contributed by atoms with Gasteiger partial charge in [-0.15, -0.1) is 0 Å². The highest BCUT2D eigenvalue weighted by atomic mass is 32.2. The lowest BCUT2D eigenvalue weighted by atomic mass is 9.92. The number of carbonyl (C=O) groups is 1. The summed E-state index contributed by atoms with van der Waals surface area (Å²) in [6.45, 7) is 5.75. The summed E-state index contributed by atoms with van der Waals surface area (Å²) >= 11 is 0. The van der Waals surface area contributed by atoms with E-state index in [-0.39, 0.29) is 23.8 Å². The van der Waals surface area contributed by atoms with Crippen LogP contribution in [0.15, 0.2) is 47.4 Å². The third-order valence-corrected chi connectivity index (χ3v) is 8.22. The first-order chi connectivity index (χ1) is 16.4. The van der Waals surface area contributed by atoms with Crippen molar-refractivity contribution in [3.8, 4) is 0 Å². The Hall–Kier alpha value is -2.26. The number of sulfonamides is 1. The van der Waals surface area contributed by atoms with Crippen molar-refractivity contribution in [2.45, 2.75) is 50.1 Å². The topological polar surface area (TPSA) is 81.8 Å². The summed E-state index contributed by atoms with van der Waals surface area (Å²) in [4.78, 5) is 17.4. The second-order valence-electron chi connectivity index (χ2n) is 9.46. The summed E-state index contributed by atoms with van der Waals surface area (Å²) in [6, 6.07) is 13.7. The Kier molecular flexibility index (Phi) is 8.37. The van der Waals surface area contributed by atoms with E-state index in [0.717, 1.165) is 69.5 Å². The van der Waals surface area contributed by atoms with E-state index in [1.807, 2.05) is 18.2 Å². The summed E-state index contributed by atoms with van der Waals surface area (Å²) in [5.74, 6) is -0.169. The first-order valence-corrected chi connectivity index (χ1v) is 13.7. The molecule has 2 aliphatic rings. The average Bonchev–Trinajstić information content (AvgIpc) is 2.84. The van der Waals surface area contributed by atoms with Crippen molar-refractivity contribution in [1.29, 1.82) is 0 Å². The lowest BCUT2D eigenvalue weighted by Crippen LogP contribution is -2.43. The molecule has 1 aliphatic carbocycles. The van der Waals surface area contributed by atoms with Gasteiger partial charge in [0.05, 0.1) is 4.90 Å². The number of carbonyl (C=O) groups excluding carboxylic acids is 1. The van der Waals surface area contributed by atoms with E-state index in [9.17, 15) is 13.2 Å². The number of amides is 1. The third kappa shape index (κ3) is 6.88. The fourth-order valence-corrected chi connectivity index (χ4v) is 5.73. The van der Waals surface area contributed by atoms with Gasteiger partial charge in [0.1, 0.15) is 0 Å². The van der Waals surface area contributed by atoms with Crippen molar-refractivity contribution in [1.82, 2.24) is 19.8 Å². The zero-order valence-corrected chi connectivity index (χ0v) is 20.9. The van der Waals surface area contributed by atoms with Crippen LogP contribution < -0.4 is 10.0 Å². The smallest absolute Gasteiger partial charge is 0.240 e. The van der Waals surface area contributed by atoms with Crippen LogP contribution in [0.5, 0.6) is 0 Å². The van der Waals surface area contributed by atoms with Gasteiger partial charge in [-0.25, -0.2) is 13.1 Å². The van der Waals surface area contributed by atoms with Gasteiger partial charge >= 0.3 is 0 Å². The molecule has 0 saturated carbocycles. The number of piperazine rings is 1. The van der Waals surface area contributed by atoms with E-state index < -0.39 is 10.0 Å². The minimum atomic E-state index is -3.62. The first-order valence-electron chi connectivity index (χ1n) is 12.3. The normalized spacial score (nSPS) is 17.3. The molecule has 184 valence electrons. The molecule has 1 aliphatic heterocycles. The van der Waals surface area contributed by atoms with Gasteiger partial charge in [0.15, 0.2) is 0 Å². The number of benzene rings is 2. The van der Waals surface area contributed by atoms with Gasteiger partial charge in [-0.2, -0.15) is 0 Å². The maximum Gasteiger partial charge on any atom is 0.240 e. The standard InChI is InChI=1S/C26H36N4O3S/c1-29-13-15-30(16-14-29)20-22-6-4-5-21(17-22)19-27-26(31)11-12-28-34(32,33)25-10-9-23-7-2-3-8-24(23)18-25/h4-6,9-10,17-18,28H,2-3,7-8,11-16,19-20H2,1H3,(H,27,31). The number of likely N-dealkylation sites (N-methyl/N-ethyl adjacent to an activating group) is 1. The van der Waals surface area contributed by atoms with Gasteiger partial charge in [-0.05, 0) is 67.1 Å². The highest BCUT2D eigenvalue weighted by Crippen LogP contribution is 2.24. The molecule has 1 amide bonds. The van der Waals surface area contributed by atoms with Crippen LogP contribution in [0.1, 0.15) is 41.5 Å². The van der Waals surface area contributed by atoms with Crippen LogP contribution in [0.25, 0.3) is 0 Å². The van der Waals surface area contributed by atoms with Crippen molar-refractivity contribution in [3.63, 3.8) is 0 Å². The minimum Gasteiger partial charge on any atom is -0.352 e. The van der Waals surface area contributed by atoms with Gasteiger partial charge in [-0.1, -0.05) is 30.3 Å². The Morgan fingerprint density at radius 1 is 0.941 bits per heavy atom. The van der Waals surface area contributed by atoms with Crippen LogP contribution in [0.2, 0.25) is 0 Å². The Labute approximate surface area is 203 Å². The van der Waals surface area contributed by atoms with Crippen molar-refractivity contribution < 1.29 is 13.2 Å². The Morgan fingerprint density at radius 3 is 2.47 bits per heavy atom. The Balaban J connectivity index is 1.21. The predicted molar refractivity (Wildman–Crippen MR) is 134 cm³/mol. The molecule has 0 aromatic heterocycles. The van der Waals surface area contributed by atoms with E-state index in [4.69, 9.17) is 0 Å². The Morgan fingerprint density at radius 2 is 1.68 bits per heavy atom. The third-order valence-electron chi connectivity index (χ3n) is 6.76. The quantitative estimate of drug-likeness (QED) is 0.571. The summed E-state index contributed by atoms with van der Waals surface area (Å²) in [5, 5.41) is 2.91. The molecular weight excluding hydrogens is 448 g/mol. The van der Waals surface area contributed by atoms with Crippen LogP contribution in [-0.2, 0) is 40.7 Å². The van der Waals surface area contributed by atoms with Crippen molar-refractivity contribution >= 4 is 15.9 Å². The zero-order chi connectivity index (χ0) is 24.0. The van der Waals surface area contributed by atoms with Gasteiger partial charge in [0.25, 0.3) is 0 Å². The van der Waals surface area contributed by atoms with Crippen LogP contribution in [0, 0.1) is 0 Å². The molecule has 1 saturated heterocycles. The fraction of sp³-hybridized carbons (Fsp3) is 0.500. The van der Waals surface area contributed by atoms with Crippen LogP contribution in [0.4, 0.5) is 0 Å². The fourth-order valence-electron chi connectivity index (χ4n) is 4.65. The van der Waals surface area contributed by atoms with Gasteiger partial charge in [-0.3, -0.25) is 9.69 Å². The number of nitrogens with zero attached hydrogens (tertiary/aromatic N) is 2. The number of fused-ring (bicyclic) bond motifs is 1. The number of aryl methyl sites for hydroxylation is 2. The number of hydrogen-bond donors (Lipinski definition) is 2. The van der Waals surface area contributed by atoms with Crippen molar-refractivity contribution in [2.75, 3.05) is 39.8 Å². The summed E-state index contributed by atoms with van der Waals surface area (Å²) in [7, 11) is -1.47. The lowest BCUT2D eigenvalue weighted by molar-refractivity contribution is -0.121. The highest BCUT2D eigenvalue weighted by Gasteiger charge is 2.18. The van der Waals surface area contributed by atoms with Gasteiger partial charge in [0, 0.05) is 52.2 Å². The second-order valence-corrected chi connectivity index (χ2v) is 11.2. The van der Waals surface area contributed by atoms with Crippen molar-refractivity contribution in [2.24, 2.45) is 0 Å². The zero-order valence-electron chi connectivity index (χ0n) is 20.1. The molecule has 0 spiro atoms. The van der Waals surface area contributed by atoms with Crippen molar-refractivity contribution in [3.05, 3.63) is 64.7 Å². The molecule has 0 unspecified atom stereocenters. The lowest BCUT2D eigenvalue weighted by Gasteiger charge is -2.32. The van der Waals surface area contributed by atoms with E-state index in [1.54, 1.807) is 12.1 Å². The van der Waals surface area contributed by atoms with E-state index in [1.165, 1.54) is 11.1 Å². The van der Waals surface area contributed by atoms with E-state index in [0.29, 0.717) is 6.54 Å². The molecule has 2 aromatic rings. The van der Waals surface area contributed by atoms with Crippen LogP contribution in [-0.4, -0.2) is 63.9 Å². The molecule has 4 rings (SSSR count). The second kappa shape index (κ2) is 11.4. The van der Waals surface area contributed by atoms with E-state index in [2.05, 4.69) is 39.0 Å². The maximum absolute atomic E-state index is 12.6. The first kappa shape index (κ1) is 24.9. The highest BCUT2D eigenvalue weighted by molar-refractivity contribution is 7.89. The molecule has 0 radical (unpaired) electrons. The van der Waals surface area contributed by atoms with Gasteiger partial charge in [0.2, 0.25) is 15.9 Å². The molecular formula is C26H36N4O3S. The SMILES string of the molecule is CN1CCN(Cc2cccc(CNC(=O)CCNS(=O)(=O)c3ccc4c(c3)CCCC4)c2)CC1. The molecule has 34 heavy (non-hydrogen) atoms. The Bertz CT molecular complexity index is 1090. The van der Waals surface area contributed by atoms with Gasteiger partial charge < -0.3 is 10.2 Å². The average molecular weight is 485 g/mol. The molecule has 2 N–H and O–H groups in total. The number of rotatable bonds is 9. The number of hydrogen-bond acceptors (Lipinski definition) is 5. The van der Waals surface area contributed by atoms with Crippen LogP contribution in [0.3, 0.4) is 0 Å². The molecule has 8 heteroatoms. The molecule has 7 nitrogen and oxygen atoms in total. The van der Waals surface area contributed by atoms with Crippen LogP contribution >= 0.6 is 0 Å². The molecule has 0 bridgehead atoms. The molecule has 0 atom stereocenters. The number of nitrogens with one attached hydrogen (secondary N) is 2.